The molecule has 0 aliphatic carbocycles. The summed E-state index contributed by atoms with van der Waals surface area (Å²) in [6.45, 7) is 0.333. The number of nitrogens with two attached hydrogens (primary N) is 2. The maximum atomic E-state index is 11.8. The van der Waals surface area contributed by atoms with Gasteiger partial charge < -0.3 is 11.1 Å². The Morgan fingerprint density at radius 2 is 2.10 bits per heavy atom. The molecule has 0 saturated carbocycles. The molecule has 0 aliphatic rings. The van der Waals surface area contributed by atoms with Crippen LogP contribution in [0.1, 0.15) is 6.42 Å². The molecule has 2 rings (SSSR count). The number of nitrogen functional groups attached to an aromatic ring is 1. The molecule has 108 valence electrons. The number of nitrogens with one attached hydrogen (secondary N) is 2. The minimum atomic E-state index is -3.47. The maximum absolute atomic E-state index is 11.8. The van der Waals surface area contributed by atoms with Gasteiger partial charge in [-0.3, -0.25) is 9.78 Å². The van der Waals surface area contributed by atoms with E-state index >= 15 is 0 Å². The van der Waals surface area contributed by atoms with E-state index in [-0.39, 0.29) is 17.3 Å². The van der Waals surface area contributed by atoms with Crippen molar-refractivity contribution in [2.75, 3.05) is 23.3 Å². The zero-order valence-corrected chi connectivity index (χ0v) is 11.4. The SMILES string of the molecule is Nc1ccc2nc(NCCCS(N)(=O)=O)[nH]c(=O)c2c1. The van der Waals surface area contributed by atoms with Crippen LogP contribution < -0.4 is 21.7 Å². The fourth-order valence-corrected chi connectivity index (χ4v) is 2.27. The average molecular weight is 297 g/mol. The number of hydrogen-bond acceptors (Lipinski definition) is 6. The third kappa shape index (κ3) is 3.68. The van der Waals surface area contributed by atoms with E-state index in [9.17, 15) is 13.2 Å². The van der Waals surface area contributed by atoms with Crippen LogP contribution in [0.5, 0.6) is 0 Å². The van der Waals surface area contributed by atoms with Crippen LogP contribution in [-0.2, 0) is 10.0 Å². The summed E-state index contributed by atoms with van der Waals surface area (Å²) in [4.78, 5) is 18.6. The van der Waals surface area contributed by atoms with Gasteiger partial charge >= 0.3 is 0 Å². The van der Waals surface area contributed by atoms with Crippen molar-refractivity contribution in [3.63, 3.8) is 0 Å². The van der Waals surface area contributed by atoms with Gasteiger partial charge in [-0.15, -0.1) is 0 Å². The monoisotopic (exact) mass is 297 g/mol. The lowest BCUT2D eigenvalue weighted by Crippen LogP contribution is -2.20. The third-order valence-corrected chi connectivity index (χ3v) is 3.49. The summed E-state index contributed by atoms with van der Waals surface area (Å²) < 4.78 is 21.5. The van der Waals surface area contributed by atoms with Crippen LogP contribution in [0.3, 0.4) is 0 Å². The first-order chi connectivity index (χ1) is 9.35. The molecular weight excluding hydrogens is 282 g/mol. The summed E-state index contributed by atoms with van der Waals surface area (Å²) >= 11 is 0. The summed E-state index contributed by atoms with van der Waals surface area (Å²) in [6.07, 6.45) is 0.322. The zero-order chi connectivity index (χ0) is 14.8. The predicted octanol–water partition coefficient (Wildman–Crippen LogP) is -0.404. The van der Waals surface area contributed by atoms with Crippen molar-refractivity contribution >= 4 is 32.6 Å². The zero-order valence-electron chi connectivity index (χ0n) is 10.6. The molecule has 0 saturated heterocycles. The molecule has 0 atom stereocenters. The molecule has 0 spiro atoms. The van der Waals surface area contributed by atoms with Crippen LogP contribution in [0, 0.1) is 0 Å². The lowest BCUT2D eigenvalue weighted by molar-refractivity contribution is 0.595. The predicted molar refractivity (Wildman–Crippen MR) is 77.9 cm³/mol. The van der Waals surface area contributed by atoms with Crippen molar-refractivity contribution in [2.24, 2.45) is 5.14 Å². The van der Waals surface area contributed by atoms with E-state index in [1.54, 1.807) is 18.2 Å². The lowest BCUT2D eigenvalue weighted by atomic mass is 10.2. The van der Waals surface area contributed by atoms with E-state index in [0.29, 0.717) is 29.6 Å². The van der Waals surface area contributed by atoms with Gasteiger partial charge in [-0.1, -0.05) is 0 Å². The number of primary sulfonamides is 1. The Labute approximate surface area is 115 Å². The first kappa shape index (κ1) is 14.3. The Bertz CT molecular complexity index is 784. The number of nitrogens with zero attached hydrogens (tertiary/aromatic N) is 1. The molecule has 1 aromatic heterocycles. The number of benzene rings is 1. The highest BCUT2D eigenvalue weighted by molar-refractivity contribution is 7.89. The molecule has 0 aliphatic heterocycles. The molecule has 20 heavy (non-hydrogen) atoms. The van der Waals surface area contributed by atoms with E-state index in [1.807, 2.05) is 0 Å². The standard InChI is InChI=1S/C11H15N5O3S/c12-7-2-3-9-8(6-7)10(17)16-11(15-9)14-4-1-5-20(13,18)19/h2-3,6H,1,4-5,12H2,(H2,13,18,19)(H2,14,15,16,17). The van der Waals surface area contributed by atoms with Gasteiger partial charge in [0.25, 0.3) is 5.56 Å². The van der Waals surface area contributed by atoms with Crippen LogP contribution in [-0.4, -0.2) is 30.7 Å². The minimum Gasteiger partial charge on any atom is -0.399 e. The van der Waals surface area contributed by atoms with Crippen molar-refractivity contribution in [1.29, 1.82) is 0 Å². The van der Waals surface area contributed by atoms with Crippen molar-refractivity contribution in [3.05, 3.63) is 28.6 Å². The molecule has 8 nitrogen and oxygen atoms in total. The number of aromatic nitrogens is 2. The van der Waals surface area contributed by atoms with Crippen molar-refractivity contribution in [1.82, 2.24) is 9.97 Å². The molecule has 0 unspecified atom stereocenters. The van der Waals surface area contributed by atoms with Gasteiger partial charge in [0.05, 0.1) is 16.7 Å². The summed E-state index contributed by atoms with van der Waals surface area (Å²) in [7, 11) is -3.47. The van der Waals surface area contributed by atoms with E-state index in [2.05, 4.69) is 15.3 Å². The van der Waals surface area contributed by atoms with Gasteiger partial charge in [0, 0.05) is 12.2 Å². The van der Waals surface area contributed by atoms with Crippen molar-refractivity contribution in [2.45, 2.75) is 6.42 Å². The van der Waals surface area contributed by atoms with Gasteiger partial charge in [0.15, 0.2) is 0 Å². The molecule has 9 heteroatoms. The van der Waals surface area contributed by atoms with Crippen molar-refractivity contribution < 1.29 is 8.42 Å². The Morgan fingerprint density at radius 1 is 1.35 bits per heavy atom. The Kier molecular flexibility index (Phi) is 3.91. The van der Waals surface area contributed by atoms with Gasteiger partial charge in [0.1, 0.15) is 0 Å². The highest BCUT2D eigenvalue weighted by Gasteiger charge is 2.05. The fraction of sp³-hybridized carbons (Fsp3) is 0.273. The Balaban J connectivity index is 2.12. The smallest absolute Gasteiger partial charge is 0.260 e. The number of sulfonamides is 1. The van der Waals surface area contributed by atoms with Crippen LogP contribution in [0.4, 0.5) is 11.6 Å². The largest absolute Gasteiger partial charge is 0.399 e. The number of fused-ring (bicyclic) bond motifs is 1. The second-order valence-electron chi connectivity index (χ2n) is 4.34. The van der Waals surface area contributed by atoms with Gasteiger partial charge in [0.2, 0.25) is 16.0 Å². The van der Waals surface area contributed by atoms with Crippen LogP contribution in [0.25, 0.3) is 10.9 Å². The number of rotatable bonds is 5. The van der Waals surface area contributed by atoms with Crippen LogP contribution >= 0.6 is 0 Å². The molecule has 0 fully saturated rings. The minimum absolute atomic E-state index is 0.131. The highest BCUT2D eigenvalue weighted by atomic mass is 32.2. The summed E-state index contributed by atoms with van der Waals surface area (Å²) in [5.74, 6) is 0.149. The van der Waals surface area contributed by atoms with Gasteiger partial charge in [-0.2, -0.15) is 0 Å². The highest BCUT2D eigenvalue weighted by Crippen LogP contribution is 2.12. The number of anilines is 2. The molecule has 0 amide bonds. The van der Waals surface area contributed by atoms with Gasteiger partial charge in [-0.05, 0) is 24.6 Å². The fourth-order valence-electron chi connectivity index (χ4n) is 1.72. The molecule has 0 radical (unpaired) electrons. The first-order valence-corrected chi connectivity index (χ1v) is 7.60. The molecule has 0 bridgehead atoms. The van der Waals surface area contributed by atoms with E-state index in [4.69, 9.17) is 10.9 Å². The molecule has 1 heterocycles. The Hall–Kier alpha value is -2.13. The third-order valence-electron chi connectivity index (χ3n) is 2.63. The van der Waals surface area contributed by atoms with Gasteiger partial charge in [-0.25, -0.2) is 18.5 Å². The van der Waals surface area contributed by atoms with Crippen molar-refractivity contribution in [3.8, 4) is 0 Å². The van der Waals surface area contributed by atoms with E-state index < -0.39 is 10.0 Å². The summed E-state index contributed by atoms with van der Waals surface area (Å²) in [5, 5.41) is 8.14. The number of hydrogen-bond donors (Lipinski definition) is 4. The maximum Gasteiger partial charge on any atom is 0.260 e. The second-order valence-corrected chi connectivity index (χ2v) is 6.07. The summed E-state index contributed by atoms with van der Waals surface area (Å²) in [6, 6.07) is 4.85. The molecular formula is C11H15N5O3S. The number of aromatic amines is 1. The summed E-state index contributed by atoms with van der Waals surface area (Å²) in [5.41, 5.74) is 6.29. The van der Waals surface area contributed by atoms with E-state index in [1.165, 1.54) is 0 Å². The molecule has 6 N–H and O–H groups in total. The van der Waals surface area contributed by atoms with E-state index in [0.717, 1.165) is 0 Å². The molecule has 1 aromatic carbocycles. The first-order valence-electron chi connectivity index (χ1n) is 5.89. The van der Waals surface area contributed by atoms with Crippen LogP contribution in [0.2, 0.25) is 0 Å². The topological polar surface area (TPSA) is 144 Å². The average Bonchev–Trinajstić information content (AvgIpc) is 2.34. The molecule has 2 aromatic rings. The quantitative estimate of drug-likeness (QED) is 0.436. The lowest BCUT2D eigenvalue weighted by Gasteiger charge is -2.06. The second kappa shape index (κ2) is 5.47. The van der Waals surface area contributed by atoms with Crippen LogP contribution in [0.15, 0.2) is 23.0 Å². The normalized spacial score (nSPS) is 11.7. The number of H-pyrrole nitrogens is 1. The Morgan fingerprint density at radius 3 is 2.80 bits per heavy atom.